The number of phosphoric ester groups is 2. The van der Waals surface area contributed by atoms with Crippen LogP contribution in [0.1, 0.15) is 395 Å². The summed E-state index contributed by atoms with van der Waals surface area (Å²) in [6.07, 6.45) is 54.6. The number of carbonyl (C=O) groups is 4. The van der Waals surface area contributed by atoms with Gasteiger partial charge in [0.15, 0.2) is 12.2 Å². The van der Waals surface area contributed by atoms with Crippen LogP contribution < -0.4 is 0 Å². The van der Waals surface area contributed by atoms with Gasteiger partial charge < -0.3 is 33.8 Å². The van der Waals surface area contributed by atoms with E-state index in [4.69, 9.17) is 37.0 Å². The van der Waals surface area contributed by atoms with Gasteiger partial charge >= 0.3 is 39.5 Å². The van der Waals surface area contributed by atoms with Crippen LogP contribution in [0, 0.1) is 17.8 Å². The number of aliphatic hydroxyl groups excluding tert-OH is 1. The molecule has 0 saturated carbocycles. The van der Waals surface area contributed by atoms with E-state index in [1.54, 1.807) is 0 Å². The molecule has 0 aliphatic heterocycles. The molecule has 0 aromatic heterocycles. The van der Waals surface area contributed by atoms with E-state index in [1.165, 1.54) is 199 Å². The lowest BCUT2D eigenvalue weighted by Gasteiger charge is -2.21. The van der Waals surface area contributed by atoms with Gasteiger partial charge in [-0.15, -0.1) is 0 Å². The van der Waals surface area contributed by atoms with Crippen LogP contribution in [0.15, 0.2) is 0 Å². The van der Waals surface area contributed by atoms with Crippen LogP contribution >= 0.6 is 15.6 Å². The molecule has 2 unspecified atom stereocenters. The molecule has 570 valence electrons. The fourth-order valence-electron chi connectivity index (χ4n) is 11.8. The van der Waals surface area contributed by atoms with Gasteiger partial charge in [-0.05, 0) is 43.4 Å². The highest BCUT2D eigenvalue weighted by Crippen LogP contribution is 2.45. The summed E-state index contributed by atoms with van der Waals surface area (Å²) in [5, 5.41) is 10.6. The van der Waals surface area contributed by atoms with Crippen LogP contribution in [-0.4, -0.2) is 96.7 Å². The first-order chi connectivity index (χ1) is 46.2. The summed E-state index contributed by atoms with van der Waals surface area (Å²) in [6.45, 7) is 11.9. The van der Waals surface area contributed by atoms with E-state index in [0.29, 0.717) is 25.7 Å². The number of carbonyl (C=O) groups excluding carboxylic acids is 4. The van der Waals surface area contributed by atoms with Crippen LogP contribution in [0.2, 0.25) is 0 Å². The predicted molar refractivity (Wildman–Crippen MR) is 391 cm³/mol. The van der Waals surface area contributed by atoms with Crippen molar-refractivity contribution in [2.45, 2.75) is 414 Å². The maximum atomic E-state index is 13.1. The molecule has 3 N–H and O–H groups in total. The molecule has 0 amide bonds. The number of unbranched alkanes of at least 4 members (excludes halogenated alkanes) is 43. The van der Waals surface area contributed by atoms with E-state index in [-0.39, 0.29) is 25.7 Å². The minimum atomic E-state index is -4.96. The van der Waals surface area contributed by atoms with Crippen molar-refractivity contribution in [2.24, 2.45) is 17.8 Å². The Balaban J connectivity index is 5.13. The summed E-state index contributed by atoms with van der Waals surface area (Å²) in [7, 11) is -9.90. The summed E-state index contributed by atoms with van der Waals surface area (Å²) in [5.74, 6) is 0.249. The van der Waals surface area contributed by atoms with Crippen LogP contribution in [0.5, 0.6) is 0 Å². The number of phosphoric acid groups is 2. The molecular weight excluding hydrogens is 1260 g/mol. The second-order valence-corrected chi connectivity index (χ2v) is 32.1. The third-order valence-corrected chi connectivity index (χ3v) is 19.8. The summed E-state index contributed by atoms with van der Waals surface area (Å²) < 4.78 is 68.3. The van der Waals surface area contributed by atoms with E-state index < -0.39 is 97.5 Å². The molecule has 0 radical (unpaired) electrons. The average Bonchev–Trinajstić information content (AvgIpc) is 1.08. The van der Waals surface area contributed by atoms with Crippen molar-refractivity contribution >= 4 is 39.5 Å². The molecule has 0 rings (SSSR count). The Morgan fingerprint density at radius 3 is 0.708 bits per heavy atom. The summed E-state index contributed by atoms with van der Waals surface area (Å²) in [4.78, 5) is 72.6. The zero-order valence-corrected chi connectivity index (χ0v) is 64.6. The third-order valence-electron chi connectivity index (χ3n) is 17.9. The lowest BCUT2D eigenvalue weighted by molar-refractivity contribution is -0.161. The van der Waals surface area contributed by atoms with Gasteiger partial charge in [0.1, 0.15) is 19.3 Å². The number of hydrogen-bond acceptors (Lipinski definition) is 15. The fraction of sp³-hybridized carbons (Fsp3) is 0.948. The molecule has 0 fully saturated rings. The molecule has 0 aromatic carbocycles. The molecule has 17 nitrogen and oxygen atoms in total. The fourth-order valence-corrected chi connectivity index (χ4v) is 13.4. The van der Waals surface area contributed by atoms with Crippen molar-refractivity contribution < 1.29 is 80.2 Å². The summed E-state index contributed by atoms with van der Waals surface area (Å²) in [6, 6.07) is 0. The Hall–Kier alpha value is -1.94. The van der Waals surface area contributed by atoms with Crippen molar-refractivity contribution in [3.8, 4) is 0 Å². The third kappa shape index (κ3) is 70.5. The monoisotopic (exact) mass is 1410 g/mol. The largest absolute Gasteiger partial charge is 0.472 e. The Labute approximate surface area is 588 Å². The van der Waals surface area contributed by atoms with Crippen molar-refractivity contribution in [1.82, 2.24) is 0 Å². The van der Waals surface area contributed by atoms with Crippen LogP contribution in [0.25, 0.3) is 0 Å². The topological polar surface area (TPSA) is 237 Å². The van der Waals surface area contributed by atoms with E-state index in [0.717, 1.165) is 114 Å². The molecular formula is C77H150O17P2. The van der Waals surface area contributed by atoms with E-state index in [2.05, 4.69) is 48.5 Å². The highest BCUT2D eigenvalue weighted by molar-refractivity contribution is 7.47. The van der Waals surface area contributed by atoms with Gasteiger partial charge in [-0.1, -0.05) is 344 Å². The number of rotatable bonds is 75. The zero-order valence-electron chi connectivity index (χ0n) is 62.8. The highest BCUT2D eigenvalue weighted by Gasteiger charge is 2.30. The van der Waals surface area contributed by atoms with Gasteiger partial charge in [0.05, 0.1) is 26.4 Å². The molecule has 0 bridgehead atoms. The molecule has 0 aliphatic carbocycles. The van der Waals surface area contributed by atoms with Gasteiger partial charge in [0.2, 0.25) is 0 Å². The first-order valence-electron chi connectivity index (χ1n) is 39.8. The molecule has 0 aromatic rings. The highest BCUT2D eigenvalue weighted by atomic mass is 31.2. The Morgan fingerprint density at radius 1 is 0.281 bits per heavy atom. The van der Waals surface area contributed by atoms with Gasteiger partial charge in [0, 0.05) is 25.7 Å². The second kappa shape index (κ2) is 67.5. The Morgan fingerprint density at radius 2 is 0.479 bits per heavy atom. The van der Waals surface area contributed by atoms with E-state index >= 15 is 0 Å². The molecule has 0 spiro atoms. The molecule has 5 atom stereocenters. The van der Waals surface area contributed by atoms with Crippen LogP contribution in [0.4, 0.5) is 0 Å². The number of hydrogen-bond donors (Lipinski definition) is 3. The van der Waals surface area contributed by atoms with Crippen molar-refractivity contribution in [3.05, 3.63) is 0 Å². The molecule has 0 heterocycles. The van der Waals surface area contributed by atoms with Crippen LogP contribution in [0.3, 0.4) is 0 Å². The zero-order chi connectivity index (χ0) is 70.9. The maximum absolute atomic E-state index is 13.1. The minimum Gasteiger partial charge on any atom is -0.462 e. The quantitative estimate of drug-likeness (QED) is 0.0222. The standard InChI is InChI=1S/C77H150O17P2/c1-8-9-10-41-51-58-74(79)87-64-72(93-76(81)61-54-47-40-34-28-22-25-31-37-44-50-57-70(6)7)66-91-95(83,84)89-62-71(78)63-90-96(85,86)92-67-73(65-88-75(80)59-52-45-38-32-26-21-17-19-24-30-36-43-49-56-69(4)5)94-77(82)60-53-46-39-33-27-20-16-14-12-11-13-15-18-23-29-35-42-48-55-68(2)3/h68-73,78H,8-67H2,1-7H3,(H,83,84)(H,85,86)/t71-,72+,73+/m0/s1. The molecule has 96 heavy (non-hydrogen) atoms. The molecule has 0 saturated heterocycles. The van der Waals surface area contributed by atoms with Gasteiger partial charge in [0.25, 0.3) is 0 Å². The number of esters is 4. The summed E-state index contributed by atoms with van der Waals surface area (Å²) in [5.41, 5.74) is 0. The van der Waals surface area contributed by atoms with E-state index in [9.17, 15) is 43.2 Å². The lowest BCUT2D eigenvalue weighted by atomic mass is 10.0. The first kappa shape index (κ1) is 94.1. The van der Waals surface area contributed by atoms with Crippen molar-refractivity contribution in [1.29, 1.82) is 0 Å². The average molecular weight is 1410 g/mol. The molecule has 0 aliphatic rings. The SMILES string of the molecule is CCCCCCCC(=O)OC[C@H](COP(=O)(O)OC[C@H](O)COP(=O)(O)OC[C@@H](COC(=O)CCCCCCCCCCCCCCCC(C)C)OC(=O)CCCCCCCCCCCCCCCCCCCCC(C)C)OC(=O)CCCCCCCCCCCCCC(C)C. The van der Waals surface area contributed by atoms with Crippen LogP contribution in [-0.2, 0) is 65.4 Å². The molecule has 19 heteroatoms. The Kier molecular flexibility index (Phi) is 66.2. The second-order valence-electron chi connectivity index (χ2n) is 29.2. The van der Waals surface area contributed by atoms with Gasteiger partial charge in [-0.25, -0.2) is 9.13 Å². The number of ether oxygens (including phenoxy) is 4. The van der Waals surface area contributed by atoms with Gasteiger partial charge in [-0.3, -0.25) is 37.3 Å². The Bertz CT molecular complexity index is 1870. The lowest BCUT2D eigenvalue weighted by Crippen LogP contribution is -2.30. The maximum Gasteiger partial charge on any atom is 0.472 e. The smallest absolute Gasteiger partial charge is 0.462 e. The number of aliphatic hydroxyl groups is 1. The normalized spacial score (nSPS) is 14.1. The minimum absolute atomic E-state index is 0.105. The predicted octanol–water partition coefficient (Wildman–Crippen LogP) is 22.6. The van der Waals surface area contributed by atoms with E-state index in [1.807, 2.05) is 0 Å². The van der Waals surface area contributed by atoms with Crippen molar-refractivity contribution in [2.75, 3.05) is 39.6 Å². The summed E-state index contributed by atoms with van der Waals surface area (Å²) >= 11 is 0. The van der Waals surface area contributed by atoms with Crippen molar-refractivity contribution in [3.63, 3.8) is 0 Å². The first-order valence-corrected chi connectivity index (χ1v) is 42.8. The van der Waals surface area contributed by atoms with Gasteiger partial charge in [-0.2, -0.15) is 0 Å².